The summed E-state index contributed by atoms with van der Waals surface area (Å²) >= 11 is 0. The van der Waals surface area contributed by atoms with Gasteiger partial charge >= 0.3 is 0 Å². The maximum atomic E-state index is 9.00. The van der Waals surface area contributed by atoms with Crippen LogP contribution in [0.5, 0.6) is 11.5 Å². The van der Waals surface area contributed by atoms with E-state index in [0.29, 0.717) is 23.7 Å². The number of hydrogen-bond donors (Lipinski definition) is 0. The Bertz CT molecular complexity index is 409. The molecule has 4 heteroatoms. The molecule has 0 radical (unpaired) electrons. The van der Waals surface area contributed by atoms with Gasteiger partial charge in [-0.15, -0.1) is 0 Å². The fraction of sp³-hybridized carbons (Fsp3) is 0.500. The van der Waals surface area contributed by atoms with Crippen molar-refractivity contribution in [2.75, 3.05) is 33.4 Å². The van der Waals surface area contributed by atoms with E-state index < -0.39 is 0 Å². The van der Waals surface area contributed by atoms with Crippen molar-refractivity contribution in [1.82, 2.24) is 4.90 Å². The molecule has 4 nitrogen and oxygen atoms in total. The van der Waals surface area contributed by atoms with Crippen molar-refractivity contribution >= 4 is 0 Å². The Kier molecular flexibility index (Phi) is 6.03. The summed E-state index contributed by atoms with van der Waals surface area (Å²) in [7, 11) is 1.60. The van der Waals surface area contributed by atoms with E-state index in [4.69, 9.17) is 14.7 Å². The molecule has 0 aliphatic carbocycles. The monoisotopic (exact) mass is 248 g/mol. The van der Waals surface area contributed by atoms with Gasteiger partial charge in [0.15, 0.2) is 0 Å². The van der Waals surface area contributed by atoms with Crippen LogP contribution in [0.15, 0.2) is 18.2 Å². The molecule has 0 bridgehead atoms. The highest BCUT2D eigenvalue weighted by molar-refractivity contribution is 5.47. The molecule has 0 aliphatic rings. The standard InChI is InChI=1S/C14H20N2O2/c1-4-16(5-2)8-9-18-14-10-13(17-3)7-6-12(14)11-15/h6-7,10H,4-5,8-9H2,1-3H3. The quantitative estimate of drug-likeness (QED) is 0.742. The number of hydrogen-bond acceptors (Lipinski definition) is 4. The summed E-state index contributed by atoms with van der Waals surface area (Å²) in [6, 6.07) is 7.34. The Morgan fingerprint density at radius 2 is 2.00 bits per heavy atom. The number of nitriles is 1. The summed E-state index contributed by atoms with van der Waals surface area (Å²) in [6.45, 7) is 7.68. The van der Waals surface area contributed by atoms with Crippen LogP contribution in [0.4, 0.5) is 0 Å². The van der Waals surface area contributed by atoms with Crippen molar-refractivity contribution in [3.8, 4) is 17.6 Å². The first-order chi connectivity index (χ1) is 8.74. The third-order valence-corrected chi connectivity index (χ3v) is 2.87. The highest BCUT2D eigenvalue weighted by Gasteiger charge is 2.06. The van der Waals surface area contributed by atoms with Crippen LogP contribution >= 0.6 is 0 Å². The molecule has 0 N–H and O–H groups in total. The molecule has 1 aromatic carbocycles. The third-order valence-electron chi connectivity index (χ3n) is 2.87. The van der Waals surface area contributed by atoms with Crippen molar-refractivity contribution in [1.29, 1.82) is 5.26 Å². The number of ether oxygens (including phenoxy) is 2. The predicted molar refractivity (Wildman–Crippen MR) is 71.0 cm³/mol. The highest BCUT2D eigenvalue weighted by Crippen LogP contribution is 2.24. The summed E-state index contributed by atoms with van der Waals surface area (Å²) in [5.74, 6) is 1.29. The van der Waals surface area contributed by atoms with Gasteiger partial charge in [-0.1, -0.05) is 13.8 Å². The minimum Gasteiger partial charge on any atom is -0.497 e. The zero-order chi connectivity index (χ0) is 13.4. The molecule has 0 aromatic heterocycles. The number of rotatable bonds is 7. The Morgan fingerprint density at radius 1 is 1.28 bits per heavy atom. The second-order valence-corrected chi connectivity index (χ2v) is 3.85. The smallest absolute Gasteiger partial charge is 0.140 e. The molecular weight excluding hydrogens is 228 g/mol. The lowest BCUT2D eigenvalue weighted by atomic mass is 10.2. The van der Waals surface area contributed by atoms with E-state index in [0.717, 1.165) is 19.6 Å². The Labute approximate surface area is 109 Å². The van der Waals surface area contributed by atoms with Gasteiger partial charge in [0.05, 0.1) is 12.7 Å². The number of benzene rings is 1. The zero-order valence-corrected chi connectivity index (χ0v) is 11.3. The number of methoxy groups -OCH3 is 1. The summed E-state index contributed by atoms with van der Waals surface area (Å²) in [5.41, 5.74) is 0.537. The van der Waals surface area contributed by atoms with Crippen LogP contribution in [0.25, 0.3) is 0 Å². The average molecular weight is 248 g/mol. The van der Waals surface area contributed by atoms with Gasteiger partial charge in [0.1, 0.15) is 24.2 Å². The zero-order valence-electron chi connectivity index (χ0n) is 11.3. The van der Waals surface area contributed by atoms with Crippen LogP contribution in [0.3, 0.4) is 0 Å². The molecule has 18 heavy (non-hydrogen) atoms. The largest absolute Gasteiger partial charge is 0.497 e. The van der Waals surface area contributed by atoms with Gasteiger partial charge in [-0.3, -0.25) is 0 Å². The van der Waals surface area contributed by atoms with Crippen LogP contribution in [0.2, 0.25) is 0 Å². The van der Waals surface area contributed by atoms with Gasteiger partial charge in [-0.25, -0.2) is 0 Å². The summed E-state index contributed by atoms with van der Waals surface area (Å²) < 4.78 is 10.8. The van der Waals surface area contributed by atoms with Crippen molar-refractivity contribution in [3.05, 3.63) is 23.8 Å². The summed E-state index contributed by atoms with van der Waals surface area (Å²) in [6.07, 6.45) is 0. The van der Waals surface area contributed by atoms with Crippen molar-refractivity contribution in [2.24, 2.45) is 0 Å². The van der Waals surface area contributed by atoms with E-state index in [9.17, 15) is 0 Å². The van der Waals surface area contributed by atoms with Crippen molar-refractivity contribution in [2.45, 2.75) is 13.8 Å². The van der Waals surface area contributed by atoms with Gasteiger partial charge in [0.2, 0.25) is 0 Å². The third kappa shape index (κ3) is 3.94. The van der Waals surface area contributed by atoms with E-state index in [1.807, 2.05) is 0 Å². The fourth-order valence-corrected chi connectivity index (χ4v) is 1.67. The first-order valence-electron chi connectivity index (χ1n) is 6.18. The predicted octanol–water partition coefficient (Wildman–Crippen LogP) is 2.29. The molecule has 98 valence electrons. The van der Waals surface area contributed by atoms with Gasteiger partial charge < -0.3 is 14.4 Å². The first-order valence-corrected chi connectivity index (χ1v) is 6.18. The molecule has 0 saturated carbocycles. The number of nitrogens with zero attached hydrogens (tertiary/aromatic N) is 2. The number of likely N-dealkylation sites (N-methyl/N-ethyl adjacent to an activating group) is 1. The average Bonchev–Trinajstić information content (AvgIpc) is 2.43. The lowest BCUT2D eigenvalue weighted by Crippen LogP contribution is -2.28. The molecule has 0 amide bonds. The van der Waals surface area contributed by atoms with E-state index in [-0.39, 0.29) is 0 Å². The van der Waals surface area contributed by atoms with E-state index in [1.54, 1.807) is 25.3 Å². The normalized spacial score (nSPS) is 10.2. The minimum absolute atomic E-state index is 0.537. The summed E-state index contributed by atoms with van der Waals surface area (Å²) in [4.78, 5) is 2.27. The molecule has 1 rings (SSSR count). The van der Waals surface area contributed by atoms with Crippen LogP contribution in [-0.2, 0) is 0 Å². The Hall–Kier alpha value is -1.73. The highest BCUT2D eigenvalue weighted by atomic mass is 16.5. The second kappa shape index (κ2) is 7.57. The van der Waals surface area contributed by atoms with Gasteiger partial charge in [0.25, 0.3) is 0 Å². The first kappa shape index (κ1) is 14.3. The minimum atomic E-state index is 0.537. The summed E-state index contributed by atoms with van der Waals surface area (Å²) in [5, 5.41) is 9.00. The van der Waals surface area contributed by atoms with E-state index in [2.05, 4.69) is 24.8 Å². The Morgan fingerprint density at radius 3 is 2.56 bits per heavy atom. The molecule has 0 saturated heterocycles. The molecule has 0 fully saturated rings. The SMILES string of the molecule is CCN(CC)CCOc1cc(OC)ccc1C#N. The van der Waals surface area contributed by atoms with Crippen LogP contribution in [0, 0.1) is 11.3 Å². The van der Waals surface area contributed by atoms with Crippen molar-refractivity contribution < 1.29 is 9.47 Å². The maximum absolute atomic E-state index is 9.00. The van der Waals surface area contributed by atoms with Crippen LogP contribution in [-0.4, -0.2) is 38.3 Å². The van der Waals surface area contributed by atoms with Gasteiger partial charge in [-0.2, -0.15) is 5.26 Å². The maximum Gasteiger partial charge on any atom is 0.140 e. The Balaban J connectivity index is 2.63. The molecule has 0 aliphatic heterocycles. The lowest BCUT2D eigenvalue weighted by molar-refractivity contribution is 0.222. The van der Waals surface area contributed by atoms with Crippen LogP contribution in [0.1, 0.15) is 19.4 Å². The molecule has 0 unspecified atom stereocenters. The van der Waals surface area contributed by atoms with Gasteiger partial charge in [0, 0.05) is 12.6 Å². The lowest BCUT2D eigenvalue weighted by Gasteiger charge is -2.18. The fourth-order valence-electron chi connectivity index (χ4n) is 1.67. The molecule has 0 atom stereocenters. The topological polar surface area (TPSA) is 45.5 Å². The molecule has 1 aromatic rings. The molecular formula is C14H20N2O2. The van der Waals surface area contributed by atoms with Crippen LogP contribution < -0.4 is 9.47 Å². The molecule has 0 heterocycles. The van der Waals surface area contributed by atoms with Gasteiger partial charge in [-0.05, 0) is 25.2 Å². The molecule has 0 spiro atoms. The second-order valence-electron chi connectivity index (χ2n) is 3.85. The van der Waals surface area contributed by atoms with Crippen molar-refractivity contribution in [3.63, 3.8) is 0 Å². The van der Waals surface area contributed by atoms with E-state index in [1.165, 1.54) is 0 Å². The van der Waals surface area contributed by atoms with E-state index >= 15 is 0 Å².